The second kappa shape index (κ2) is 5.89. The van der Waals surface area contributed by atoms with Crippen LogP contribution in [0, 0.1) is 0 Å². The van der Waals surface area contributed by atoms with Crippen LogP contribution in [0.3, 0.4) is 0 Å². The predicted molar refractivity (Wildman–Crippen MR) is 95.8 cm³/mol. The number of hydrogen-bond donors (Lipinski definition) is 1. The highest BCUT2D eigenvalue weighted by atomic mass is 16.1. The number of Topliss-reactive ketones (excluding diaryl/α,β-unsaturated/α-hetero) is 1. The number of H-pyrrole nitrogens is 1. The third-order valence-corrected chi connectivity index (χ3v) is 4.29. The van der Waals surface area contributed by atoms with Gasteiger partial charge in [0.25, 0.3) is 0 Å². The van der Waals surface area contributed by atoms with E-state index >= 15 is 0 Å². The molecule has 0 spiro atoms. The van der Waals surface area contributed by atoms with Gasteiger partial charge in [-0.15, -0.1) is 0 Å². The third-order valence-electron chi connectivity index (χ3n) is 4.29. The molecule has 3 aromatic heterocycles. The number of ketones is 1. The van der Waals surface area contributed by atoms with E-state index in [1.54, 1.807) is 13.1 Å². The fraction of sp³-hybridized carbons (Fsp3) is 0.150. The van der Waals surface area contributed by atoms with Crippen molar-refractivity contribution < 1.29 is 4.79 Å². The number of rotatable bonds is 4. The number of nitrogens with zero attached hydrogens (tertiary/aromatic N) is 2. The molecule has 4 aromatic rings. The van der Waals surface area contributed by atoms with E-state index in [9.17, 15) is 4.79 Å². The summed E-state index contributed by atoms with van der Waals surface area (Å²) in [6.07, 6.45) is 6.80. The molecular formula is C20H17N3O. The van der Waals surface area contributed by atoms with Crippen LogP contribution in [0.5, 0.6) is 0 Å². The van der Waals surface area contributed by atoms with Gasteiger partial charge < -0.3 is 9.78 Å². The molecule has 0 unspecified atom stereocenters. The lowest BCUT2D eigenvalue weighted by Crippen LogP contribution is -1.96. The number of pyridine rings is 2. The van der Waals surface area contributed by atoms with Crippen molar-refractivity contribution in [2.75, 3.05) is 0 Å². The SMILES string of the molecule is CC(=O)CCc1ccc(-c2ccc3c(c2)[nH]c2ccncc23)cn1. The third kappa shape index (κ3) is 2.67. The molecule has 0 atom stereocenters. The number of benzene rings is 1. The van der Waals surface area contributed by atoms with E-state index in [-0.39, 0.29) is 5.78 Å². The summed E-state index contributed by atoms with van der Waals surface area (Å²) in [5.41, 5.74) is 5.32. The lowest BCUT2D eigenvalue weighted by Gasteiger charge is -2.04. The number of nitrogens with one attached hydrogen (secondary N) is 1. The van der Waals surface area contributed by atoms with Crippen LogP contribution in [0.15, 0.2) is 55.0 Å². The molecule has 1 aromatic carbocycles. The number of carbonyl (C=O) groups excluding carboxylic acids is 1. The van der Waals surface area contributed by atoms with Crippen molar-refractivity contribution in [1.82, 2.24) is 15.0 Å². The zero-order valence-corrected chi connectivity index (χ0v) is 13.4. The minimum atomic E-state index is 0.194. The maximum absolute atomic E-state index is 11.1. The summed E-state index contributed by atoms with van der Waals surface area (Å²) < 4.78 is 0. The van der Waals surface area contributed by atoms with Crippen molar-refractivity contribution in [1.29, 1.82) is 0 Å². The van der Waals surface area contributed by atoms with Crippen molar-refractivity contribution in [2.24, 2.45) is 0 Å². The van der Waals surface area contributed by atoms with Gasteiger partial charge in [-0.2, -0.15) is 0 Å². The minimum Gasteiger partial charge on any atom is -0.354 e. The van der Waals surface area contributed by atoms with E-state index < -0.39 is 0 Å². The zero-order valence-electron chi connectivity index (χ0n) is 13.4. The van der Waals surface area contributed by atoms with Gasteiger partial charge in [-0.1, -0.05) is 18.2 Å². The van der Waals surface area contributed by atoms with Crippen LogP contribution in [0.25, 0.3) is 32.9 Å². The largest absolute Gasteiger partial charge is 0.354 e. The van der Waals surface area contributed by atoms with Gasteiger partial charge in [0.15, 0.2) is 0 Å². The summed E-state index contributed by atoms with van der Waals surface area (Å²) in [6, 6.07) is 12.4. The molecule has 24 heavy (non-hydrogen) atoms. The first-order valence-corrected chi connectivity index (χ1v) is 8.01. The number of fused-ring (bicyclic) bond motifs is 3. The van der Waals surface area contributed by atoms with E-state index in [4.69, 9.17) is 0 Å². The first-order valence-electron chi connectivity index (χ1n) is 8.01. The Balaban J connectivity index is 1.68. The van der Waals surface area contributed by atoms with Gasteiger partial charge >= 0.3 is 0 Å². The van der Waals surface area contributed by atoms with Gasteiger partial charge in [-0.25, -0.2) is 0 Å². The lowest BCUT2D eigenvalue weighted by atomic mass is 10.0. The van der Waals surface area contributed by atoms with Gasteiger partial charge in [0.05, 0.1) is 0 Å². The van der Waals surface area contributed by atoms with Crippen LogP contribution in [-0.2, 0) is 11.2 Å². The average molecular weight is 315 g/mol. The number of carbonyl (C=O) groups is 1. The second-order valence-corrected chi connectivity index (χ2v) is 6.05. The first-order chi connectivity index (χ1) is 11.7. The maximum Gasteiger partial charge on any atom is 0.130 e. The van der Waals surface area contributed by atoms with E-state index in [0.717, 1.165) is 33.2 Å². The van der Waals surface area contributed by atoms with Crippen molar-refractivity contribution in [3.8, 4) is 11.1 Å². The Kier molecular flexibility index (Phi) is 3.58. The molecular weight excluding hydrogens is 298 g/mol. The maximum atomic E-state index is 11.1. The Morgan fingerprint density at radius 2 is 1.88 bits per heavy atom. The topological polar surface area (TPSA) is 58.6 Å². The molecule has 4 rings (SSSR count). The van der Waals surface area contributed by atoms with E-state index in [2.05, 4.69) is 39.2 Å². The van der Waals surface area contributed by atoms with Gasteiger partial charge in [0.1, 0.15) is 5.78 Å². The highest BCUT2D eigenvalue weighted by molar-refractivity contribution is 6.07. The molecule has 0 bridgehead atoms. The molecule has 0 aliphatic heterocycles. The van der Waals surface area contributed by atoms with E-state index in [1.165, 1.54) is 5.39 Å². The molecule has 0 radical (unpaired) electrons. The van der Waals surface area contributed by atoms with Gasteiger partial charge in [-0.05, 0) is 37.1 Å². The van der Waals surface area contributed by atoms with Crippen molar-refractivity contribution in [2.45, 2.75) is 19.8 Å². The van der Waals surface area contributed by atoms with Gasteiger partial charge in [-0.3, -0.25) is 9.97 Å². The highest BCUT2D eigenvalue weighted by Crippen LogP contribution is 2.29. The molecule has 4 heteroatoms. The smallest absolute Gasteiger partial charge is 0.130 e. The highest BCUT2D eigenvalue weighted by Gasteiger charge is 2.06. The summed E-state index contributed by atoms with van der Waals surface area (Å²) in [5, 5.41) is 2.31. The van der Waals surface area contributed by atoms with Crippen LogP contribution >= 0.6 is 0 Å². The monoisotopic (exact) mass is 315 g/mol. The summed E-state index contributed by atoms with van der Waals surface area (Å²) in [6.45, 7) is 1.61. The summed E-state index contributed by atoms with van der Waals surface area (Å²) in [4.78, 5) is 23.2. The number of aromatic amines is 1. The standard InChI is InChI=1S/C20H17N3O/c1-13(24)2-5-16-6-3-15(11-22-16)14-4-7-17-18-12-21-9-8-19(18)23-20(17)10-14/h3-4,6-12,23H,2,5H2,1H3. The number of aryl methyl sites for hydroxylation is 1. The lowest BCUT2D eigenvalue weighted by molar-refractivity contribution is -0.116. The van der Waals surface area contributed by atoms with Crippen LogP contribution in [0.1, 0.15) is 19.0 Å². The Bertz CT molecular complexity index is 1030. The van der Waals surface area contributed by atoms with Crippen molar-refractivity contribution in [3.63, 3.8) is 0 Å². The van der Waals surface area contributed by atoms with Gasteiger partial charge in [0.2, 0.25) is 0 Å². The molecule has 0 fully saturated rings. The van der Waals surface area contributed by atoms with Crippen molar-refractivity contribution >= 4 is 27.6 Å². The van der Waals surface area contributed by atoms with Crippen LogP contribution in [-0.4, -0.2) is 20.7 Å². The normalized spacial score (nSPS) is 11.2. The fourth-order valence-corrected chi connectivity index (χ4v) is 2.97. The number of aromatic nitrogens is 3. The molecule has 118 valence electrons. The summed E-state index contributed by atoms with van der Waals surface area (Å²) >= 11 is 0. The Labute approximate surface area is 139 Å². The van der Waals surface area contributed by atoms with Crippen LogP contribution in [0.2, 0.25) is 0 Å². The van der Waals surface area contributed by atoms with Crippen LogP contribution < -0.4 is 0 Å². The predicted octanol–water partition coefficient (Wildman–Crippen LogP) is 4.30. The molecule has 4 nitrogen and oxygen atoms in total. The van der Waals surface area contributed by atoms with Crippen LogP contribution in [0.4, 0.5) is 0 Å². The molecule has 0 aliphatic carbocycles. The van der Waals surface area contributed by atoms with E-state index in [0.29, 0.717) is 12.8 Å². The quantitative estimate of drug-likeness (QED) is 0.611. The fourth-order valence-electron chi connectivity index (χ4n) is 2.97. The van der Waals surface area contributed by atoms with E-state index in [1.807, 2.05) is 24.5 Å². The molecule has 1 N–H and O–H groups in total. The molecule has 0 amide bonds. The Morgan fingerprint density at radius 3 is 2.67 bits per heavy atom. The zero-order chi connectivity index (χ0) is 16.5. The molecule has 0 saturated heterocycles. The summed E-state index contributed by atoms with van der Waals surface area (Å²) in [7, 11) is 0. The molecule has 3 heterocycles. The first kappa shape index (κ1) is 14.6. The van der Waals surface area contributed by atoms with Gasteiger partial charge in [0, 0.05) is 58.1 Å². The Hall–Kier alpha value is -3.01. The Morgan fingerprint density at radius 1 is 1.00 bits per heavy atom. The average Bonchev–Trinajstić information content (AvgIpc) is 2.98. The van der Waals surface area contributed by atoms with Crippen molar-refractivity contribution in [3.05, 3.63) is 60.7 Å². The summed E-state index contributed by atoms with van der Waals surface area (Å²) in [5.74, 6) is 0.194. The molecule has 0 aliphatic rings. The number of hydrogen-bond acceptors (Lipinski definition) is 3. The second-order valence-electron chi connectivity index (χ2n) is 6.05. The molecule has 0 saturated carbocycles. The minimum absolute atomic E-state index is 0.194.